The van der Waals surface area contributed by atoms with Crippen LogP contribution in [-0.2, 0) is 102 Å². The summed E-state index contributed by atoms with van der Waals surface area (Å²) in [6, 6.07) is 15.6. The number of rotatable bonds is 57. The van der Waals surface area contributed by atoms with Crippen LogP contribution >= 0.6 is 0 Å². The smallest absolute Gasteiger partial charge is 0.408 e. The number of amides is 9. The van der Waals surface area contributed by atoms with Crippen LogP contribution < -0.4 is 77.4 Å². The Bertz CT molecular complexity index is 6000. The Labute approximate surface area is 808 Å². The van der Waals surface area contributed by atoms with Crippen LogP contribution in [0.5, 0.6) is 11.5 Å². The van der Waals surface area contributed by atoms with Crippen LogP contribution in [-0.4, -0.2) is 251 Å². The van der Waals surface area contributed by atoms with Crippen LogP contribution in [0.3, 0.4) is 0 Å². The van der Waals surface area contributed by atoms with Gasteiger partial charge in [-0.3, -0.25) is 66.9 Å². The predicted molar refractivity (Wildman–Crippen MR) is 511 cm³/mol. The van der Waals surface area contributed by atoms with Gasteiger partial charge in [0.15, 0.2) is 11.9 Å². The number of aliphatic carboxylic acids is 2. The van der Waals surface area contributed by atoms with Crippen LogP contribution in [0.15, 0.2) is 138 Å². The number of hydrogen-bond acceptors (Lipinski definition) is 28. The van der Waals surface area contributed by atoms with Crippen molar-refractivity contribution in [1.82, 2.24) is 96.8 Å². The maximum Gasteiger partial charge on any atom is 0.408 e. The standard InChI is InChI=1S/C93H123N21O24S2/c1-57-46-66(47-58(2)80(57)139(130,131)111-71(87(125)126)54-104-82(120)62-22-27-73-64(50-62)52-106-113(73)42-16-32-98-89-100-38-39-101-89)134-44-14-20-75(115)94-34-35-96-77(117)29-24-68(108-85(123)69(25-30-78(118)137-92(5,6)7)109-86(124)70(26-31-79(119)138-93(8,9)10)110-91(129)136-56-61-18-12-11-13-19-61)84(122)97-37-36-95-76(116)21-15-45-135-67-48-59(3)81(60(4)49-67)140(132,133)112-72(88(127)128)55-105-83(121)63-23-28-74-65(51-63)53-107-114(74)43-17-33-99-90-102-40-41-103-90/h11-13,18-19,22-23,27-28,38-41,46-53,68-72,111-112H,14-17,20-21,24-26,29-37,42-45,54-56H2,1-10H3,(H,94,115)(H,95,116)(H,96,117)(H,97,122)(H,104,120)(H,105,121)(H,108,123)(H,109,124)(H,110,129)(H,125,126)(H,127,128)(H2,98,100,101)(H2,99,102,103)/t68?,69-,70+,71-,72+/m0/s1. The summed E-state index contributed by atoms with van der Waals surface area (Å²) in [5, 5.41) is 59.9. The number of ether oxygens (including phenoxy) is 5. The lowest BCUT2D eigenvalue weighted by Gasteiger charge is -2.26. The Balaban J connectivity index is 0.758. The summed E-state index contributed by atoms with van der Waals surface area (Å²) in [4.78, 5) is 188. The summed E-state index contributed by atoms with van der Waals surface area (Å²) in [6.07, 6.45) is 7.79. The van der Waals surface area contributed by atoms with Crippen molar-refractivity contribution in [3.63, 3.8) is 0 Å². The normalized spacial score (nSPS) is 12.7. The van der Waals surface area contributed by atoms with Crippen molar-refractivity contribution in [2.75, 3.05) is 76.2 Å². The number of esters is 2. The Morgan fingerprint density at radius 1 is 0.443 bits per heavy atom. The van der Waals surface area contributed by atoms with E-state index in [0.717, 1.165) is 11.0 Å². The average Bonchev–Trinajstić information content (AvgIpc) is 0.913. The maximum atomic E-state index is 14.7. The van der Waals surface area contributed by atoms with Crippen LogP contribution in [0.2, 0.25) is 0 Å². The zero-order valence-electron chi connectivity index (χ0n) is 79.6. The molecule has 1 unspecified atom stereocenters. The minimum atomic E-state index is -4.54. The number of carbonyl (C=O) groups excluding carboxylic acids is 11. The van der Waals surface area contributed by atoms with E-state index in [4.69, 9.17) is 23.7 Å². The van der Waals surface area contributed by atoms with Gasteiger partial charge in [0.05, 0.1) is 46.4 Å². The molecule has 4 aromatic heterocycles. The minimum Gasteiger partial charge on any atom is -0.494 e. The molecule has 0 saturated heterocycles. The molecule has 5 aromatic carbocycles. The van der Waals surface area contributed by atoms with Crippen LogP contribution in [0.25, 0.3) is 21.8 Å². The van der Waals surface area contributed by atoms with E-state index < -0.39 is 184 Å². The Kier molecular flexibility index (Phi) is 40.7. The number of anilines is 2. The summed E-state index contributed by atoms with van der Waals surface area (Å²) < 4.78 is 91.6. The third-order valence-electron chi connectivity index (χ3n) is 21.0. The van der Waals surface area contributed by atoms with Gasteiger partial charge in [-0.25, -0.2) is 31.6 Å². The molecule has 17 N–H and O–H groups in total. The second-order valence-electron chi connectivity index (χ2n) is 34.9. The van der Waals surface area contributed by atoms with Crippen molar-refractivity contribution in [3.8, 4) is 11.5 Å². The van der Waals surface area contributed by atoms with Crippen molar-refractivity contribution < 1.29 is 113 Å². The molecule has 0 aliphatic rings. The first-order valence-corrected chi connectivity index (χ1v) is 48.5. The number of nitrogens with one attached hydrogen (secondary N) is 15. The van der Waals surface area contributed by atoms with Gasteiger partial charge in [0.2, 0.25) is 55.5 Å². The van der Waals surface area contributed by atoms with Gasteiger partial charge in [-0.15, -0.1) is 0 Å². The fourth-order valence-electron chi connectivity index (χ4n) is 14.6. The lowest BCUT2D eigenvalue weighted by Crippen LogP contribution is -2.57. The third kappa shape index (κ3) is 35.7. The molecule has 9 rings (SSSR count). The molecule has 756 valence electrons. The zero-order chi connectivity index (χ0) is 102. The van der Waals surface area contributed by atoms with Crippen LogP contribution in [0.1, 0.15) is 167 Å². The lowest BCUT2D eigenvalue weighted by atomic mass is 10.1. The Morgan fingerprint density at radius 3 is 1.24 bits per heavy atom. The van der Waals surface area contributed by atoms with E-state index in [0.29, 0.717) is 67.3 Å². The van der Waals surface area contributed by atoms with Crippen LogP contribution in [0, 0.1) is 27.7 Å². The van der Waals surface area contributed by atoms with Gasteiger partial charge in [0, 0.05) is 144 Å². The third-order valence-corrected chi connectivity index (χ3v) is 24.6. The molecular weight excluding hydrogens is 1860 g/mol. The number of carboxylic acids is 2. The molecule has 9 aromatic rings. The maximum absolute atomic E-state index is 14.7. The first kappa shape index (κ1) is 109. The molecular formula is C93H123N21O24S2. The number of carboxylic acid groups (broad SMARTS) is 2. The highest BCUT2D eigenvalue weighted by Gasteiger charge is 2.35. The van der Waals surface area contributed by atoms with Crippen molar-refractivity contribution in [1.29, 1.82) is 0 Å². The number of benzene rings is 5. The second kappa shape index (κ2) is 52.2. The molecule has 0 aliphatic heterocycles. The summed E-state index contributed by atoms with van der Waals surface area (Å²) in [6.45, 7) is 15.9. The predicted octanol–water partition coefficient (Wildman–Crippen LogP) is 5.16. The quantitative estimate of drug-likeness (QED) is 0.0133. The molecule has 47 heteroatoms. The number of hydrogen-bond donors (Lipinski definition) is 17. The molecule has 5 atom stereocenters. The number of nitrogens with zero attached hydrogens (tertiary/aromatic N) is 6. The zero-order valence-corrected chi connectivity index (χ0v) is 81.2. The second-order valence-corrected chi connectivity index (χ2v) is 38.2. The van der Waals surface area contributed by atoms with Crippen molar-refractivity contribution in [2.45, 2.75) is 217 Å². The van der Waals surface area contributed by atoms with E-state index >= 15 is 0 Å². The van der Waals surface area contributed by atoms with Crippen molar-refractivity contribution >= 4 is 131 Å². The number of alkyl carbamates (subject to hydrolysis) is 1. The number of aryl methyl sites for hydroxylation is 6. The molecule has 0 saturated carbocycles. The van der Waals surface area contributed by atoms with E-state index in [9.17, 15) is 89.4 Å². The molecule has 0 radical (unpaired) electrons. The van der Waals surface area contributed by atoms with Gasteiger partial charge >= 0.3 is 30.0 Å². The van der Waals surface area contributed by atoms with Gasteiger partial charge in [-0.2, -0.15) is 19.6 Å². The Hall–Kier alpha value is -14.6. The molecule has 0 aliphatic carbocycles. The number of fused-ring (bicyclic) bond motifs is 2. The minimum absolute atomic E-state index is 0.0133. The van der Waals surface area contributed by atoms with Crippen molar-refractivity contribution in [2.24, 2.45) is 0 Å². The monoisotopic (exact) mass is 1980 g/mol. The van der Waals surface area contributed by atoms with Gasteiger partial charge in [0.1, 0.15) is 59.5 Å². The number of carbonyl (C=O) groups is 13. The topological polar surface area (TPSA) is 626 Å². The van der Waals surface area contributed by atoms with Gasteiger partial charge < -0.3 is 102 Å². The molecule has 45 nitrogen and oxygen atoms in total. The largest absolute Gasteiger partial charge is 0.494 e. The van der Waals surface area contributed by atoms with E-state index in [-0.39, 0.29) is 133 Å². The Morgan fingerprint density at radius 2 is 0.836 bits per heavy atom. The van der Waals surface area contributed by atoms with Gasteiger partial charge in [-0.1, -0.05) is 30.3 Å². The van der Waals surface area contributed by atoms with Crippen molar-refractivity contribution in [3.05, 3.63) is 167 Å². The molecule has 0 spiro atoms. The van der Waals surface area contributed by atoms with E-state index in [1.54, 1.807) is 155 Å². The highest BCUT2D eigenvalue weighted by molar-refractivity contribution is 7.90. The number of sulfonamides is 2. The van der Waals surface area contributed by atoms with Crippen LogP contribution in [0.4, 0.5) is 16.7 Å². The molecule has 0 bridgehead atoms. The highest BCUT2D eigenvalue weighted by atomic mass is 32.2. The molecule has 9 amide bonds. The van der Waals surface area contributed by atoms with E-state index in [1.165, 1.54) is 52.0 Å². The summed E-state index contributed by atoms with van der Waals surface area (Å²) in [7, 11) is -9.07. The van der Waals surface area contributed by atoms with Gasteiger partial charge in [0.25, 0.3) is 11.8 Å². The molecule has 4 heterocycles. The molecule has 140 heavy (non-hydrogen) atoms. The first-order chi connectivity index (χ1) is 66.5. The number of H-pyrrole nitrogens is 2. The summed E-state index contributed by atoms with van der Waals surface area (Å²) in [5.74, 6) is -8.72. The lowest BCUT2D eigenvalue weighted by molar-refractivity contribution is -0.156. The fourth-order valence-corrected chi connectivity index (χ4v) is 17.8. The van der Waals surface area contributed by atoms with E-state index in [1.807, 2.05) is 0 Å². The summed E-state index contributed by atoms with van der Waals surface area (Å²) >= 11 is 0. The number of aromatic amines is 2. The SMILES string of the molecule is Cc1cc(OCCCC(=O)NCCNC(=O)CCC(NC(=O)[C@H](CCC(=O)OC(C)(C)C)NC(=O)[C@@H](CCC(=O)OC(C)(C)C)NC(=O)OCc2ccccc2)C(=O)NCCNC(=O)CCCOc2cc(C)c(S(=O)(=O)N[C@H](CNC(=O)c3ccc4c(cnn4CCCNc4ncc[nH]4)c3)C(=O)O)c(C)c2)cc(C)c1S(=O)(=O)N[C@@H](CNC(=O)c1ccc2c(cnn2CCCNc2ncc[nH]2)c1)C(=O)O. The summed E-state index contributed by atoms with van der Waals surface area (Å²) in [5.41, 5.74) is 1.35. The number of aromatic nitrogens is 8. The highest BCUT2D eigenvalue weighted by Crippen LogP contribution is 2.30. The first-order valence-electron chi connectivity index (χ1n) is 45.5. The fraction of sp³-hybridized carbons (Fsp3) is 0.452. The van der Waals surface area contributed by atoms with Gasteiger partial charge in [-0.05, 0) is 203 Å². The van der Waals surface area contributed by atoms with E-state index in [2.05, 4.69) is 98.1 Å². The average molecular weight is 1980 g/mol. The number of imidazole rings is 2. The molecule has 0 fully saturated rings.